The highest BCUT2D eigenvalue weighted by molar-refractivity contribution is 6.10. The number of carbonyl (C=O) groups is 4. The normalized spacial score (nSPS) is 23.0. The van der Waals surface area contributed by atoms with Gasteiger partial charge in [-0.15, -0.1) is 0 Å². The van der Waals surface area contributed by atoms with Crippen LogP contribution in [0.3, 0.4) is 0 Å². The monoisotopic (exact) mass is 253 g/mol. The molecule has 0 unspecified atom stereocenters. The molecule has 0 bridgehead atoms. The van der Waals surface area contributed by atoms with Crippen LogP contribution >= 0.6 is 0 Å². The Kier molecular flexibility index (Phi) is 2.84. The van der Waals surface area contributed by atoms with E-state index < -0.39 is 23.3 Å². The van der Waals surface area contributed by atoms with E-state index in [0.717, 1.165) is 10.0 Å². The first-order valence-electron chi connectivity index (χ1n) is 5.94. The van der Waals surface area contributed by atoms with Gasteiger partial charge in [0.1, 0.15) is 6.54 Å². The maximum absolute atomic E-state index is 12.3. The SMILES string of the molecule is CCC1(CC)CC(=O)N(N2CC(=O)NC2=O)C1=O. The molecule has 0 aromatic heterocycles. The van der Waals surface area contributed by atoms with Crippen molar-refractivity contribution >= 4 is 23.8 Å². The van der Waals surface area contributed by atoms with Crippen molar-refractivity contribution in [2.24, 2.45) is 5.41 Å². The molecule has 2 saturated heterocycles. The highest BCUT2D eigenvalue weighted by atomic mass is 16.2. The van der Waals surface area contributed by atoms with Crippen LogP contribution in [0.5, 0.6) is 0 Å². The van der Waals surface area contributed by atoms with Crippen LogP contribution in [0.1, 0.15) is 33.1 Å². The zero-order valence-electron chi connectivity index (χ0n) is 10.4. The zero-order chi connectivity index (χ0) is 13.5. The Balaban J connectivity index is 2.30. The van der Waals surface area contributed by atoms with E-state index in [1.807, 2.05) is 13.8 Å². The molecule has 0 saturated carbocycles. The standard InChI is InChI=1S/C11H15N3O4/c1-3-11(4-2)5-8(16)14(9(11)17)13-6-7(15)12-10(13)18/h3-6H2,1-2H3,(H,12,15,18). The molecule has 0 spiro atoms. The van der Waals surface area contributed by atoms with Crippen molar-refractivity contribution in [3.05, 3.63) is 0 Å². The molecule has 0 radical (unpaired) electrons. The quantitative estimate of drug-likeness (QED) is 0.567. The van der Waals surface area contributed by atoms with E-state index in [-0.39, 0.29) is 18.9 Å². The number of imide groups is 2. The summed E-state index contributed by atoms with van der Waals surface area (Å²) in [5.74, 6) is -1.32. The Hall–Kier alpha value is -1.92. The van der Waals surface area contributed by atoms with Gasteiger partial charge in [0.2, 0.25) is 11.8 Å². The maximum Gasteiger partial charge on any atom is 0.343 e. The van der Waals surface area contributed by atoms with Crippen molar-refractivity contribution in [2.45, 2.75) is 33.1 Å². The predicted molar refractivity (Wildman–Crippen MR) is 59.7 cm³/mol. The molecule has 18 heavy (non-hydrogen) atoms. The number of hydrogen-bond donors (Lipinski definition) is 1. The minimum Gasteiger partial charge on any atom is -0.275 e. The van der Waals surface area contributed by atoms with Crippen molar-refractivity contribution < 1.29 is 19.2 Å². The van der Waals surface area contributed by atoms with E-state index in [1.165, 1.54) is 0 Å². The van der Waals surface area contributed by atoms with Gasteiger partial charge in [-0.1, -0.05) is 13.8 Å². The number of hydrazine groups is 1. The van der Waals surface area contributed by atoms with Crippen LogP contribution in [0, 0.1) is 5.41 Å². The van der Waals surface area contributed by atoms with E-state index in [2.05, 4.69) is 5.32 Å². The zero-order valence-corrected chi connectivity index (χ0v) is 10.4. The van der Waals surface area contributed by atoms with Crippen LogP contribution < -0.4 is 5.32 Å². The van der Waals surface area contributed by atoms with E-state index >= 15 is 0 Å². The third-order valence-electron chi connectivity index (χ3n) is 3.74. The minimum atomic E-state index is -0.733. The Morgan fingerprint density at radius 2 is 1.78 bits per heavy atom. The first-order valence-corrected chi connectivity index (χ1v) is 5.94. The van der Waals surface area contributed by atoms with E-state index in [4.69, 9.17) is 0 Å². The first-order chi connectivity index (χ1) is 8.45. The Morgan fingerprint density at radius 1 is 1.17 bits per heavy atom. The number of hydrogen-bond acceptors (Lipinski definition) is 4. The fourth-order valence-corrected chi connectivity index (χ4v) is 2.42. The van der Waals surface area contributed by atoms with Gasteiger partial charge in [-0.3, -0.25) is 19.7 Å². The molecule has 0 aromatic rings. The molecule has 2 aliphatic heterocycles. The average Bonchev–Trinajstić information content (AvgIpc) is 2.77. The number of amides is 5. The molecule has 2 fully saturated rings. The van der Waals surface area contributed by atoms with Gasteiger partial charge in [0.25, 0.3) is 5.91 Å². The number of nitrogens with zero attached hydrogens (tertiary/aromatic N) is 2. The lowest BCUT2D eigenvalue weighted by Crippen LogP contribution is -2.49. The molecule has 1 N–H and O–H groups in total. The van der Waals surface area contributed by atoms with Crippen LogP contribution in [0.4, 0.5) is 4.79 Å². The topological polar surface area (TPSA) is 86.8 Å². The van der Waals surface area contributed by atoms with Crippen LogP contribution in [0.2, 0.25) is 0 Å². The Bertz CT molecular complexity index is 442. The van der Waals surface area contributed by atoms with Gasteiger partial charge in [0, 0.05) is 6.42 Å². The van der Waals surface area contributed by atoms with Crippen molar-refractivity contribution in [3.63, 3.8) is 0 Å². The van der Waals surface area contributed by atoms with Gasteiger partial charge in [0.15, 0.2) is 0 Å². The van der Waals surface area contributed by atoms with Crippen molar-refractivity contribution in [3.8, 4) is 0 Å². The highest BCUT2D eigenvalue weighted by Gasteiger charge is 2.53. The summed E-state index contributed by atoms with van der Waals surface area (Å²) < 4.78 is 0. The summed E-state index contributed by atoms with van der Waals surface area (Å²) in [5.41, 5.74) is -0.733. The molecule has 0 aromatic carbocycles. The van der Waals surface area contributed by atoms with E-state index in [9.17, 15) is 19.2 Å². The molecular weight excluding hydrogens is 238 g/mol. The lowest BCUT2D eigenvalue weighted by atomic mass is 9.81. The smallest absolute Gasteiger partial charge is 0.275 e. The van der Waals surface area contributed by atoms with Gasteiger partial charge in [-0.2, -0.15) is 5.01 Å². The molecular formula is C11H15N3O4. The summed E-state index contributed by atoms with van der Waals surface area (Å²) in [4.78, 5) is 46.9. The average molecular weight is 253 g/mol. The molecule has 7 nitrogen and oxygen atoms in total. The lowest BCUT2D eigenvalue weighted by molar-refractivity contribution is -0.154. The fraction of sp³-hybridized carbons (Fsp3) is 0.636. The van der Waals surface area contributed by atoms with Crippen LogP contribution in [0.15, 0.2) is 0 Å². The third kappa shape index (κ3) is 1.58. The van der Waals surface area contributed by atoms with Crippen LogP contribution in [-0.2, 0) is 14.4 Å². The number of urea groups is 1. The molecule has 2 heterocycles. The lowest BCUT2D eigenvalue weighted by Gasteiger charge is -2.27. The molecule has 2 rings (SSSR count). The minimum absolute atomic E-state index is 0.0941. The Labute approximate surface area is 104 Å². The van der Waals surface area contributed by atoms with Gasteiger partial charge in [0.05, 0.1) is 5.41 Å². The van der Waals surface area contributed by atoms with Gasteiger partial charge < -0.3 is 0 Å². The summed E-state index contributed by atoms with van der Waals surface area (Å²) in [6, 6.07) is -0.718. The predicted octanol–water partition coefficient (Wildman–Crippen LogP) is 0.0185. The Morgan fingerprint density at radius 3 is 2.17 bits per heavy atom. The second kappa shape index (κ2) is 4.08. The van der Waals surface area contributed by atoms with Crippen LogP contribution in [0.25, 0.3) is 0 Å². The van der Waals surface area contributed by atoms with Gasteiger partial charge in [-0.25, -0.2) is 9.80 Å². The van der Waals surface area contributed by atoms with Gasteiger partial charge >= 0.3 is 6.03 Å². The third-order valence-corrected chi connectivity index (χ3v) is 3.74. The second-order valence-electron chi connectivity index (χ2n) is 4.59. The molecule has 2 aliphatic rings. The number of rotatable bonds is 3. The van der Waals surface area contributed by atoms with E-state index in [0.29, 0.717) is 12.8 Å². The molecule has 5 amide bonds. The summed E-state index contributed by atoms with van der Waals surface area (Å²) in [6.07, 6.45) is 1.17. The fourth-order valence-electron chi connectivity index (χ4n) is 2.42. The van der Waals surface area contributed by atoms with Crippen LogP contribution in [-0.4, -0.2) is 40.3 Å². The largest absolute Gasteiger partial charge is 0.343 e. The van der Waals surface area contributed by atoms with Gasteiger partial charge in [-0.05, 0) is 12.8 Å². The van der Waals surface area contributed by atoms with Crippen molar-refractivity contribution in [1.29, 1.82) is 0 Å². The molecule has 98 valence electrons. The first kappa shape index (κ1) is 12.5. The second-order valence-corrected chi connectivity index (χ2v) is 4.59. The molecule has 0 aliphatic carbocycles. The summed E-state index contributed by atoms with van der Waals surface area (Å²) in [7, 11) is 0. The number of nitrogens with one attached hydrogen (secondary N) is 1. The summed E-state index contributed by atoms with van der Waals surface area (Å²) >= 11 is 0. The summed E-state index contributed by atoms with van der Waals surface area (Å²) in [6.45, 7) is 3.40. The maximum atomic E-state index is 12.3. The molecule has 7 heteroatoms. The summed E-state index contributed by atoms with van der Waals surface area (Å²) in [5, 5.41) is 3.77. The molecule has 0 atom stereocenters. The number of carbonyl (C=O) groups excluding carboxylic acids is 4. The van der Waals surface area contributed by atoms with Crippen molar-refractivity contribution in [1.82, 2.24) is 15.3 Å². The highest BCUT2D eigenvalue weighted by Crippen LogP contribution is 2.39. The van der Waals surface area contributed by atoms with E-state index in [1.54, 1.807) is 0 Å². The van der Waals surface area contributed by atoms with Crippen molar-refractivity contribution in [2.75, 3.05) is 6.54 Å².